The van der Waals surface area contributed by atoms with Crippen LogP contribution < -0.4 is 16.6 Å². The van der Waals surface area contributed by atoms with Crippen LogP contribution in [0.4, 0.5) is 5.69 Å². The Hall–Kier alpha value is -2.34. The van der Waals surface area contributed by atoms with E-state index in [1.807, 2.05) is 27.0 Å². The second-order valence-corrected chi connectivity index (χ2v) is 4.75. The number of carbonyl (C=O) groups excluding carboxylic acids is 1. The van der Waals surface area contributed by atoms with E-state index in [-0.39, 0.29) is 5.91 Å². The molecule has 0 bridgehead atoms. The van der Waals surface area contributed by atoms with E-state index in [1.54, 1.807) is 23.0 Å². The number of rotatable bonds is 4. The molecule has 1 aromatic heterocycles. The zero-order chi connectivity index (χ0) is 14.7. The molecule has 106 valence electrons. The van der Waals surface area contributed by atoms with E-state index in [1.165, 1.54) is 0 Å². The number of nitrogens with one attached hydrogen (secondary N) is 2. The van der Waals surface area contributed by atoms with Crippen LogP contribution in [-0.4, -0.2) is 15.7 Å². The topological polar surface area (TPSA) is 85.0 Å². The number of nitrogens with zero attached hydrogens (tertiary/aromatic N) is 2. The molecule has 0 saturated heterocycles. The minimum Gasteiger partial charge on any atom is -0.348 e. The summed E-state index contributed by atoms with van der Waals surface area (Å²) in [6.45, 7) is 4.34. The van der Waals surface area contributed by atoms with E-state index in [2.05, 4.69) is 15.8 Å². The van der Waals surface area contributed by atoms with Gasteiger partial charge in [0.2, 0.25) is 0 Å². The minimum atomic E-state index is -0.162. The zero-order valence-electron chi connectivity index (χ0n) is 11.9. The molecule has 6 heteroatoms. The predicted octanol–water partition coefficient (Wildman–Crippen LogP) is 1.25. The van der Waals surface area contributed by atoms with Crippen molar-refractivity contribution in [3.8, 4) is 0 Å². The number of amides is 1. The summed E-state index contributed by atoms with van der Waals surface area (Å²) in [5.41, 5.74) is 6.72. The molecule has 1 aromatic carbocycles. The summed E-state index contributed by atoms with van der Waals surface area (Å²) in [4.78, 5) is 12.2. The predicted molar refractivity (Wildman–Crippen MR) is 78.1 cm³/mol. The molecule has 0 unspecified atom stereocenters. The molecule has 4 N–H and O–H groups in total. The molecule has 0 radical (unpaired) electrons. The van der Waals surface area contributed by atoms with Crippen LogP contribution in [0.1, 0.15) is 27.2 Å². The van der Waals surface area contributed by atoms with E-state index >= 15 is 0 Å². The molecule has 6 nitrogen and oxygen atoms in total. The Labute approximate surface area is 117 Å². The van der Waals surface area contributed by atoms with Crippen LogP contribution in [0.2, 0.25) is 0 Å². The van der Waals surface area contributed by atoms with Gasteiger partial charge in [-0.25, -0.2) is 0 Å². The molecule has 0 fully saturated rings. The Morgan fingerprint density at radius 3 is 2.75 bits per heavy atom. The highest BCUT2D eigenvalue weighted by Crippen LogP contribution is 2.16. The van der Waals surface area contributed by atoms with Crippen LogP contribution in [0.15, 0.2) is 24.4 Å². The van der Waals surface area contributed by atoms with Crippen LogP contribution in [-0.2, 0) is 13.6 Å². The van der Waals surface area contributed by atoms with Gasteiger partial charge in [-0.3, -0.25) is 15.3 Å². The highest BCUT2D eigenvalue weighted by Gasteiger charge is 2.12. The van der Waals surface area contributed by atoms with Gasteiger partial charge in [0, 0.05) is 24.8 Å². The molecule has 0 aliphatic heterocycles. The van der Waals surface area contributed by atoms with Crippen LogP contribution >= 0.6 is 0 Å². The van der Waals surface area contributed by atoms with Crippen molar-refractivity contribution in [2.24, 2.45) is 12.9 Å². The summed E-state index contributed by atoms with van der Waals surface area (Å²) in [7, 11) is 1.87. The second kappa shape index (κ2) is 5.75. The number of aromatic nitrogens is 2. The maximum atomic E-state index is 12.2. The fourth-order valence-electron chi connectivity index (χ4n) is 1.96. The first-order valence-electron chi connectivity index (χ1n) is 6.36. The fourth-order valence-corrected chi connectivity index (χ4v) is 1.96. The Kier molecular flexibility index (Phi) is 4.05. The Bertz CT molecular complexity index is 632. The van der Waals surface area contributed by atoms with Gasteiger partial charge in [-0.1, -0.05) is 11.6 Å². The lowest BCUT2D eigenvalue weighted by Crippen LogP contribution is -2.25. The molecule has 0 saturated carbocycles. The molecule has 2 rings (SSSR count). The minimum absolute atomic E-state index is 0.162. The summed E-state index contributed by atoms with van der Waals surface area (Å²) in [5, 5.41) is 7.03. The number of hydrogen-bond donors (Lipinski definition) is 3. The van der Waals surface area contributed by atoms with Crippen LogP contribution in [0.3, 0.4) is 0 Å². The third-order valence-electron chi connectivity index (χ3n) is 3.35. The number of nitrogen functional groups attached to an aromatic ring is 1. The number of benzene rings is 1. The van der Waals surface area contributed by atoms with E-state index in [4.69, 9.17) is 5.84 Å². The lowest BCUT2D eigenvalue weighted by atomic mass is 10.1. The molecule has 0 aliphatic rings. The van der Waals surface area contributed by atoms with Gasteiger partial charge in [-0.15, -0.1) is 0 Å². The summed E-state index contributed by atoms with van der Waals surface area (Å²) in [5.74, 6) is 5.27. The van der Waals surface area contributed by atoms with Crippen molar-refractivity contribution in [3.63, 3.8) is 0 Å². The number of aryl methyl sites for hydroxylation is 2. The maximum absolute atomic E-state index is 12.2. The maximum Gasteiger partial charge on any atom is 0.253 e. The molecule has 20 heavy (non-hydrogen) atoms. The fraction of sp³-hybridized carbons (Fsp3) is 0.286. The van der Waals surface area contributed by atoms with Crippen LogP contribution in [0.25, 0.3) is 0 Å². The summed E-state index contributed by atoms with van der Waals surface area (Å²) in [6, 6.07) is 5.50. The van der Waals surface area contributed by atoms with Crippen LogP contribution in [0, 0.1) is 13.8 Å². The number of carbonyl (C=O) groups is 1. The van der Waals surface area contributed by atoms with Crippen molar-refractivity contribution in [1.82, 2.24) is 15.1 Å². The first-order valence-corrected chi connectivity index (χ1v) is 6.36. The average Bonchev–Trinajstić information content (AvgIpc) is 2.76. The van der Waals surface area contributed by atoms with Gasteiger partial charge in [0.05, 0.1) is 17.4 Å². The molecular weight excluding hydrogens is 254 g/mol. The summed E-state index contributed by atoms with van der Waals surface area (Å²) < 4.78 is 1.78. The highest BCUT2D eigenvalue weighted by molar-refractivity contribution is 5.99. The third kappa shape index (κ3) is 2.80. The van der Waals surface area contributed by atoms with Gasteiger partial charge in [-0.2, -0.15) is 5.10 Å². The van der Waals surface area contributed by atoms with Gasteiger partial charge in [-0.05, 0) is 26.0 Å². The Balaban J connectivity index is 2.12. The largest absolute Gasteiger partial charge is 0.348 e. The van der Waals surface area contributed by atoms with Crippen LogP contribution in [0.5, 0.6) is 0 Å². The monoisotopic (exact) mass is 273 g/mol. The van der Waals surface area contributed by atoms with Crippen molar-refractivity contribution in [2.75, 3.05) is 5.43 Å². The van der Waals surface area contributed by atoms with Crippen molar-refractivity contribution in [3.05, 3.63) is 46.8 Å². The van der Waals surface area contributed by atoms with Gasteiger partial charge in [0.1, 0.15) is 0 Å². The van der Waals surface area contributed by atoms with Crippen molar-refractivity contribution < 1.29 is 4.79 Å². The van der Waals surface area contributed by atoms with Gasteiger partial charge in [0.25, 0.3) is 5.91 Å². The van der Waals surface area contributed by atoms with Gasteiger partial charge < -0.3 is 10.7 Å². The quantitative estimate of drug-likeness (QED) is 0.578. The molecular formula is C14H19N5O. The molecule has 0 atom stereocenters. The van der Waals surface area contributed by atoms with Crippen molar-refractivity contribution >= 4 is 11.6 Å². The normalized spacial score (nSPS) is 10.4. The highest BCUT2D eigenvalue weighted by atomic mass is 16.1. The lowest BCUT2D eigenvalue weighted by molar-refractivity contribution is 0.0951. The van der Waals surface area contributed by atoms with Gasteiger partial charge >= 0.3 is 0 Å². The molecule has 2 aromatic rings. The zero-order valence-corrected chi connectivity index (χ0v) is 11.9. The second-order valence-electron chi connectivity index (χ2n) is 4.75. The third-order valence-corrected chi connectivity index (χ3v) is 3.35. The first-order chi connectivity index (χ1) is 9.52. The Morgan fingerprint density at radius 2 is 2.15 bits per heavy atom. The number of anilines is 1. The van der Waals surface area contributed by atoms with Gasteiger partial charge in [0.15, 0.2) is 0 Å². The first kappa shape index (κ1) is 14.1. The smallest absolute Gasteiger partial charge is 0.253 e. The van der Waals surface area contributed by atoms with E-state index in [0.29, 0.717) is 17.8 Å². The average molecular weight is 273 g/mol. The SMILES string of the molecule is Cc1ccc(NN)c(C(=O)NCc2cnn(C)c2C)c1. The number of hydrogen-bond acceptors (Lipinski definition) is 4. The lowest BCUT2D eigenvalue weighted by Gasteiger charge is -2.10. The summed E-state index contributed by atoms with van der Waals surface area (Å²) >= 11 is 0. The molecule has 1 heterocycles. The summed E-state index contributed by atoms with van der Waals surface area (Å²) in [6.07, 6.45) is 1.76. The Morgan fingerprint density at radius 1 is 1.40 bits per heavy atom. The molecule has 1 amide bonds. The molecule has 0 spiro atoms. The van der Waals surface area contributed by atoms with Crippen molar-refractivity contribution in [2.45, 2.75) is 20.4 Å². The standard InChI is InChI=1S/C14H19N5O/c1-9-4-5-13(18-15)12(6-9)14(20)16-7-11-8-17-19(3)10(11)2/h4-6,8,18H,7,15H2,1-3H3,(H,16,20). The number of hydrazine groups is 1. The van der Waals surface area contributed by atoms with Crippen molar-refractivity contribution in [1.29, 1.82) is 0 Å². The molecule has 0 aliphatic carbocycles. The van der Waals surface area contributed by atoms with E-state index < -0.39 is 0 Å². The van der Waals surface area contributed by atoms with E-state index in [9.17, 15) is 4.79 Å². The van der Waals surface area contributed by atoms with E-state index in [0.717, 1.165) is 16.8 Å². The number of nitrogens with two attached hydrogens (primary N) is 1.